The summed E-state index contributed by atoms with van der Waals surface area (Å²) in [6.07, 6.45) is 4.88. The fourth-order valence-corrected chi connectivity index (χ4v) is 0.885. The number of carboxylic acid groups (broad SMARTS) is 1. The van der Waals surface area contributed by atoms with Crippen LogP contribution in [0.2, 0.25) is 0 Å². The molecule has 1 heterocycles. The number of likely N-dealkylation sites (N-methyl/N-ethyl adjacent to an activating group) is 1. The predicted molar refractivity (Wildman–Crippen MR) is 56.4 cm³/mol. The third kappa shape index (κ3) is 6.38. The molecule has 2 N–H and O–H groups in total. The van der Waals surface area contributed by atoms with Crippen LogP contribution in [0.5, 0.6) is 0 Å². The molecule has 1 rings (SSSR count). The molecule has 0 aromatic carbocycles. The van der Waals surface area contributed by atoms with Crippen molar-refractivity contribution in [3.63, 3.8) is 0 Å². The first-order valence-corrected chi connectivity index (χ1v) is 4.56. The number of aromatic nitrogens is 2. The van der Waals surface area contributed by atoms with Crippen molar-refractivity contribution in [2.45, 2.75) is 6.04 Å². The number of aliphatic carboxylic acids is 1. The number of nitrogens with zero attached hydrogens (tertiary/aromatic N) is 2. The first kappa shape index (κ1) is 12.9. The average molecular weight is 215 g/mol. The summed E-state index contributed by atoms with van der Waals surface area (Å²) in [5, 5.41) is 10.8. The van der Waals surface area contributed by atoms with Crippen molar-refractivity contribution in [2.75, 3.05) is 12.8 Å². The smallest absolute Gasteiger partial charge is 0.321 e. The Balaban J connectivity index is 0.000000249. The van der Waals surface area contributed by atoms with Gasteiger partial charge in [-0.05, 0) is 13.1 Å². The van der Waals surface area contributed by atoms with Crippen LogP contribution in [0.4, 0.5) is 0 Å². The zero-order valence-electron chi connectivity index (χ0n) is 7.79. The van der Waals surface area contributed by atoms with Crippen LogP contribution in [0.3, 0.4) is 0 Å². The Morgan fingerprint density at radius 3 is 2.21 bits per heavy atom. The normalized spacial score (nSPS) is 11.0. The van der Waals surface area contributed by atoms with Crippen LogP contribution in [0.1, 0.15) is 0 Å². The van der Waals surface area contributed by atoms with Crippen molar-refractivity contribution in [1.29, 1.82) is 0 Å². The Morgan fingerprint density at radius 1 is 1.57 bits per heavy atom. The number of nitrogens with one attached hydrogen (secondary N) is 1. The van der Waals surface area contributed by atoms with Crippen molar-refractivity contribution in [3.05, 3.63) is 24.8 Å². The van der Waals surface area contributed by atoms with E-state index in [4.69, 9.17) is 5.11 Å². The molecule has 0 bridgehead atoms. The maximum atomic E-state index is 10.1. The standard InChI is InChI=1S/C4H4N2.C4H9NO2S/c1-2-5-4-6-3-1;1-5-3(2-8)4(6)7/h1-4H;3,5,8H,2H2,1H3,(H,6,7). The lowest BCUT2D eigenvalue weighted by Gasteiger charge is -2.04. The highest BCUT2D eigenvalue weighted by atomic mass is 32.1. The zero-order valence-corrected chi connectivity index (χ0v) is 8.69. The number of rotatable bonds is 3. The molecule has 78 valence electrons. The van der Waals surface area contributed by atoms with Crippen LogP contribution < -0.4 is 5.32 Å². The number of hydrogen-bond acceptors (Lipinski definition) is 5. The summed E-state index contributed by atoms with van der Waals surface area (Å²) in [5.74, 6) is -0.534. The van der Waals surface area contributed by atoms with Gasteiger partial charge in [-0.15, -0.1) is 0 Å². The molecule has 0 aliphatic heterocycles. The van der Waals surface area contributed by atoms with E-state index in [1.165, 1.54) is 6.33 Å². The minimum Gasteiger partial charge on any atom is -0.480 e. The van der Waals surface area contributed by atoms with Gasteiger partial charge in [-0.2, -0.15) is 12.6 Å². The Morgan fingerprint density at radius 2 is 2.14 bits per heavy atom. The maximum Gasteiger partial charge on any atom is 0.321 e. The van der Waals surface area contributed by atoms with Crippen LogP contribution in [0.15, 0.2) is 24.8 Å². The summed E-state index contributed by atoms with van der Waals surface area (Å²) in [6, 6.07) is 1.26. The van der Waals surface area contributed by atoms with Gasteiger partial charge in [0.05, 0.1) is 0 Å². The fraction of sp³-hybridized carbons (Fsp3) is 0.375. The second-order valence-electron chi connectivity index (χ2n) is 2.27. The third-order valence-corrected chi connectivity index (χ3v) is 1.67. The van der Waals surface area contributed by atoms with Crippen LogP contribution in [0.25, 0.3) is 0 Å². The fourth-order valence-electron chi connectivity index (χ4n) is 0.546. The van der Waals surface area contributed by atoms with Gasteiger partial charge in [-0.25, -0.2) is 9.97 Å². The van der Waals surface area contributed by atoms with Gasteiger partial charge >= 0.3 is 5.97 Å². The molecule has 0 fully saturated rings. The van der Waals surface area contributed by atoms with Gasteiger partial charge in [0, 0.05) is 18.1 Å². The molecule has 0 amide bonds. The first-order chi connectivity index (χ1) is 6.72. The molecule has 0 aliphatic rings. The van der Waals surface area contributed by atoms with Gasteiger partial charge in [-0.3, -0.25) is 4.79 Å². The van der Waals surface area contributed by atoms with Gasteiger partial charge < -0.3 is 10.4 Å². The lowest BCUT2D eigenvalue weighted by atomic mass is 10.3. The molecule has 1 atom stereocenters. The van der Waals surface area contributed by atoms with E-state index in [2.05, 4.69) is 27.9 Å². The van der Waals surface area contributed by atoms with Crippen LogP contribution >= 0.6 is 12.6 Å². The number of hydrogen-bond donors (Lipinski definition) is 3. The monoisotopic (exact) mass is 215 g/mol. The van der Waals surface area contributed by atoms with Gasteiger partial charge in [0.2, 0.25) is 0 Å². The first-order valence-electron chi connectivity index (χ1n) is 3.93. The molecule has 0 saturated carbocycles. The van der Waals surface area contributed by atoms with E-state index in [1.54, 1.807) is 25.5 Å². The largest absolute Gasteiger partial charge is 0.480 e. The molecule has 0 aliphatic carbocycles. The van der Waals surface area contributed by atoms with E-state index in [0.29, 0.717) is 5.75 Å². The molecule has 1 aromatic heterocycles. The molecule has 5 nitrogen and oxygen atoms in total. The Kier molecular flexibility index (Phi) is 7.77. The van der Waals surface area contributed by atoms with E-state index in [-0.39, 0.29) is 0 Å². The summed E-state index contributed by atoms with van der Waals surface area (Å²) in [5.41, 5.74) is 0. The quantitative estimate of drug-likeness (QED) is 0.622. The summed E-state index contributed by atoms with van der Waals surface area (Å²) in [7, 11) is 1.59. The molecule has 1 unspecified atom stereocenters. The third-order valence-electron chi connectivity index (χ3n) is 1.31. The minimum absolute atomic E-state index is 0.325. The van der Waals surface area contributed by atoms with E-state index >= 15 is 0 Å². The number of carboxylic acids is 1. The van der Waals surface area contributed by atoms with Gasteiger partial charge in [-0.1, -0.05) is 0 Å². The van der Waals surface area contributed by atoms with Crippen molar-refractivity contribution in [2.24, 2.45) is 0 Å². The molecule has 1 aromatic rings. The summed E-state index contributed by atoms with van der Waals surface area (Å²) >= 11 is 3.79. The van der Waals surface area contributed by atoms with E-state index in [9.17, 15) is 4.79 Å². The topological polar surface area (TPSA) is 75.1 Å². The lowest BCUT2D eigenvalue weighted by Crippen LogP contribution is -2.35. The highest BCUT2D eigenvalue weighted by Crippen LogP contribution is 1.84. The average Bonchev–Trinajstić information content (AvgIpc) is 2.22. The van der Waals surface area contributed by atoms with Crippen LogP contribution in [0, 0.1) is 0 Å². The molecular formula is C8H13N3O2S. The Hall–Kier alpha value is -1.14. The second kappa shape index (κ2) is 8.46. The number of carbonyl (C=O) groups is 1. The van der Waals surface area contributed by atoms with Gasteiger partial charge in [0.1, 0.15) is 12.4 Å². The van der Waals surface area contributed by atoms with Crippen molar-refractivity contribution >= 4 is 18.6 Å². The van der Waals surface area contributed by atoms with Crippen molar-refractivity contribution in [1.82, 2.24) is 15.3 Å². The molecule has 0 radical (unpaired) electrons. The van der Waals surface area contributed by atoms with Gasteiger partial charge in [0.25, 0.3) is 0 Å². The summed E-state index contributed by atoms with van der Waals surface area (Å²) < 4.78 is 0. The van der Waals surface area contributed by atoms with E-state index in [1.807, 2.05) is 0 Å². The predicted octanol–water partition coefficient (Wildman–Crippen LogP) is 0.0654. The SMILES string of the molecule is CNC(CS)C(=O)O.c1cncnc1. The molecule has 14 heavy (non-hydrogen) atoms. The van der Waals surface area contributed by atoms with Crippen molar-refractivity contribution < 1.29 is 9.90 Å². The second-order valence-corrected chi connectivity index (χ2v) is 2.63. The summed E-state index contributed by atoms with van der Waals surface area (Å²) in [4.78, 5) is 17.4. The van der Waals surface area contributed by atoms with E-state index in [0.717, 1.165) is 0 Å². The van der Waals surface area contributed by atoms with Gasteiger partial charge in [0.15, 0.2) is 0 Å². The van der Waals surface area contributed by atoms with Crippen LogP contribution in [-0.4, -0.2) is 39.9 Å². The molecule has 6 heteroatoms. The maximum absolute atomic E-state index is 10.1. The molecular weight excluding hydrogens is 202 g/mol. The van der Waals surface area contributed by atoms with Crippen LogP contribution in [-0.2, 0) is 4.79 Å². The number of thiol groups is 1. The molecule has 0 saturated heterocycles. The highest BCUT2D eigenvalue weighted by Gasteiger charge is 2.10. The summed E-state index contributed by atoms with van der Waals surface area (Å²) in [6.45, 7) is 0. The Labute approximate surface area is 88.0 Å². The minimum atomic E-state index is -0.859. The highest BCUT2D eigenvalue weighted by molar-refractivity contribution is 7.80. The van der Waals surface area contributed by atoms with Crippen molar-refractivity contribution in [3.8, 4) is 0 Å². The van der Waals surface area contributed by atoms with E-state index < -0.39 is 12.0 Å². The molecule has 0 spiro atoms. The lowest BCUT2D eigenvalue weighted by molar-refractivity contribution is -0.138. The Bertz CT molecular complexity index is 215. The zero-order chi connectivity index (χ0) is 10.8.